The Morgan fingerprint density at radius 1 is 1.03 bits per heavy atom. The molecule has 0 aliphatic heterocycles. The first-order valence-corrected chi connectivity index (χ1v) is 11.1. The summed E-state index contributed by atoms with van der Waals surface area (Å²) in [6.07, 6.45) is 14.4. The van der Waals surface area contributed by atoms with Crippen molar-refractivity contribution in [1.82, 2.24) is 10.2 Å². The van der Waals surface area contributed by atoms with Crippen LogP contribution in [0.4, 0.5) is 0 Å². The van der Waals surface area contributed by atoms with E-state index >= 15 is 0 Å². The SMILES string of the molecule is CCCCCCCCCCCc1cc(-c2nnc(C3(C#N)CC3)o2)ccc1OC. The first-order chi connectivity index (χ1) is 14.2. The summed E-state index contributed by atoms with van der Waals surface area (Å²) in [6.45, 7) is 2.26. The first kappa shape index (κ1) is 21.4. The minimum Gasteiger partial charge on any atom is -0.496 e. The van der Waals surface area contributed by atoms with Gasteiger partial charge < -0.3 is 9.15 Å². The van der Waals surface area contributed by atoms with Crippen molar-refractivity contribution in [2.75, 3.05) is 7.11 Å². The fraction of sp³-hybridized carbons (Fsp3) is 0.625. The summed E-state index contributed by atoms with van der Waals surface area (Å²) in [5.74, 6) is 1.84. The maximum atomic E-state index is 9.32. The summed E-state index contributed by atoms with van der Waals surface area (Å²) in [5.41, 5.74) is 1.52. The predicted octanol–water partition coefficient (Wildman–Crippen LogP) is 6.37. The maximum absolute atomic E-state index is 9.32. The van der Waals surface area contributed by atoms with Gasteiger partial charge in [-0.1, -0.05) is 58.3 Å². The number of aromatic nitrogens is 2. The average molecular weight is 396 g/mol. The van der Waals surface area contributed by atoms with Crippen LogP contribution in [-0.4, -0.2) is 17.3 Å². The Morgan fingerprint density at radius 2 is 1.72 bits per heavy atom. The fourth-order valence-electron chi connectivity index (χ4n) is 3.76. The molecule has 0 N–H and O–H groups in total. The fourth-order valence-corrected chi connectivity index (χ4v) is 3.76. The lowest BCUT2D eigenvalue weighted by Gasteiger charge is -2.10. The molecule has 0 atom stereocenters. The second kappa shape index (κ2) is 10.4. The van der Waals surface area contributed by atoms with Gasteiger partial charge in [-0.3, -0.25) is 0 Å². The summed E-state index contributed by atoms with van der Waals surface area (Å²) in [4.78, 5) is 0. The molecule has 1 aromatic carbocycles. The Labute approximate surface area is 174 Å². The van der Waals surface area contributed by atoms with E-state index in [1.807, 2.05) is 12.1 Å². The molecule has 29 heavy (non-hydrogen) atoms. The molecule has 3 rings (SSSR count). The van der Waals surface area contributed by atoms with Crippen molar-refractivity contribution in [3.05, 3.63) is 29.7 Å². The van der Waals surface area contributed by atoms with Crippen molar-refractivity contribution in [3.63, 3.8) is 0 Å². The molecule has 1 fully saturated rings. The summed E-state index contributed by atoms with van der Waals surface area (Å²) in [5, 5.41) is 17.6. The molecule has 1 aliphatic carbocycles. The summed E-state index contributed by atoms with van der Waals surface area (Å²) >= 11 is 0. The van der Waals surface area contributed by atoms with E-state index in [4.69, 9.17) is 9.15 Å². The monoisotopic (exact) mass is 395 g/mol. The van der Waals surface area contributed by atoms with Crippen molar-refractivity contribution in [2.45, 2.75) is 89.4 Å². The third-order valence-corrected chi connectivity index (χ3v) is 5.88. The number of rotatable bonds is 13. The minimum atomic E-state index is -0.545. The predicted molar refractivity (Wildman–Crippen MR) is 114 cm³/mol. The van der Waals surface area contributed by atoms with Gasteiger partial charge in [-0.2, -0.15) is 5.26 Å². The number of hydrogen-bond donors (Lipinski definition) is 0. The van der Waals surface area contributed by atoms with E-state index in [-0.39, 0.29) is 0 Å². The van der Waals surface area contributed by atoms with E-state index in [2.05, 4.69) is 29.3 Å². The number of methoxy groups -OCH3 is 1. The van der Waals surface area contributed by atoms with Gasteiger partial charge in [0.1, 0.15) is 11.2 Å². The van der Waals surface area contributed by atoms with Gasteiger partial charge in [-0.25, -0.2) is 0 Å². The molecular formula is C24H33N3O2. The van der Waals surface area contributed by atoms with Crippen LogP contribution in [0.5, 0.6) is 5.75 Å². The number of hydrogen-bond acceptors (Lipinski definition) is 5. The molecule has 0 saturated heterocycles. The number of aryl methyl sites for hydroxylation is 1. The molecule has 0 bridgehead atoms. The number of benzene rings is 1. The van der Waals surface area contributed by atoms with Crippen LogP contribution in [0.2, 0.25) is 0 Å². The third kappa shape index (κ3) is 5.59. The first-order valence-electron chi connectivity index (χ1n) is 11.1. The van der Waals surface area contributed by atoms with Gasteiger partial charge in [0.05, 0.1) is 13.2 Å². The molecule has 5 heteroatoms. The average Bonchev–Trinajstić information content (AvgIpc) is 3.40. The van der Waals surface area contributed by atoms with Gasteiger partial charge >= 0.3 is 0 Å². The topological polar surface area (TPSA) is 71.9 Å². The largest absolute Gasteiger partial charge is 0.496 e. The molecular weight excluding hydrogens is 362 g/mol. The smallest absolute Gasteiger partial charge is 0.247 e. The van der Waals surface area contributed by atoms with E-state index in [1.54, 1.807) is 7.11 Å². The van der Waals surface area contributed by atoms with Gasteiger partial charge in [-0.15, -0.1) is 10.2 Å². The van der Waals surface area contributed by atoms with Crippen LogP contribution in [0.25, 0.3) is 11.5 Å². The molecule has 1 saturated carbocycles. The molecule has 2 aromatic rings. The van der Waals surface area contributed by atoms with Crippen LogP contribution in [-0.2, 0) is 11.8 Å². The standard InChI is InChI=1S/C24H33N3O2/c1-3-4-5-6-7-8-9-10-11-12-19-17-20(13-14-21(19)28-2)22-26-27-23(29-22)24(18-25)15-16-24/h13-14,17H,3-12,15-16H2,1-2H3. The Balaban J connectivity index is 1.52. The van der Waals surface area contributed by atoms with Crippen molar-refractivity contribution >= 4 is 0 Å². The number of nitrogens with zero attached hydrogens (tertiary/aromatic N) is 3. The second-order valence-corrected chi connectivity index (χ2v) is 8.21. The molecule has 0 radical (unpaired) electrons. The third-order valence-electron chi connectivity index (χ3n) is 5.88. The lowest BCUT2D eigenvalue weighted by Crippen LogP contribution is -2.02. The van der Waals surface area contributed by atoms with E-state index in [1.165, 1.54) is 56.9 Å². The molecule has 0 spiro atoms. The normalized spacial score (nSPS) is 14.5. The lowest BCUT2D eigenvalue weighted by molar-refractivity contribution is 0.408. The highest BCUT2D eigenvalue weighted by Gasteiger charge is 2.50. The highest BCUT2D eigenvalue weighted by atomic mass is 16.5. The van der Waals surface area contributed by atoms with Gasteiger partial charge in [0.15, 0.2) is 0 Å². The lowest BCUT2D eigenvalue weighted by atomic mass is 10.0. The van der Waals surface area contributed by atoms with Crippen LogP contribution >= 0.6 is 0 Å². The van der Waals surface area contributed by atoms with Gasteiger partial charge in [0, 0.05) is 5.56 Å². The molecule has 1 aromatic heterocycles. The van der Waals surface area contributed by atoms with E-state index in [0.29, 0.717) is 11.8 Å². The van der Waals surface area contributed by atoms with Crippen LogP contribution in [0, 0.1) is 11.3 Å². The number of ether oxygens (including phenoxy) is 1. The van der Waals surface area contributed by atoms with Gasteiger partial charge in [0.2, 0.25) is 11.8 Å². The highest BCUT2D eigenvalue weighted by Crippen LogP contribution is 2.47. The van der Waals surface area contributed by atoms with Crippen LogP contribution in [0.1, 0.15) is 89.0 Å². The van der Waals surface area contributed by atoms with Crippen molar-refractivity contribution < 1.29 is 9.15 Å². The molecule has 0 amide bonds. The molecule has 156 valence electrons. The number of nitriles is 1. The minimum absolute atomic E-state index is 0.450. The summed E-state index contributed by atoms with van der Waals surface area (Å²) < 4.78 is 11.4. The van der Waals surface area contributed by atoms with Crippen molar-refractivity contribution in [2.24, 2.45) is 0 Å². The maximum Gasteiger partial charge on any atom is 0.247 e. The number of unbranched alkanes of at least 4 members (excludes halogenated alkanes) is 8. The van der Waals surface area contributed by atoms with E-state index in [9.17, 15) is 5.26 Å². The molecule has 1 heterocycles. The zero-order chi connectivity index (χ0) is 20.5. The zero-order valence-corrected chi connectivity index (χ0v) is 17.9. The van der Waals surface area contributed by atoms with Gasteiger partial charge in [0.25, 0.3) is 0 Å². The zero-order valence-electron chi connectivity index (χ0n) is 17.9. The molecule has 5 nitrogen and oxygen atoms in total. The van der Waals surface area contributed by atoms with E-state index in [0.717, 1.165) is 37.0 Å². The van der Waals surface area contributed by atoms with Gasteiger partial charge in [-0.05, 0) is 49.4 Å². The van der Waals surface area contributed by atoms with Crippen LogP contribution in [0.3, 0.4) is 0 Å². The van der Waals surface area contributed by atoms with Crippen molar-refractivity contribution in [3.8, 4) is 23.3 Å². The Kier molecular flexibility index (Phi) is 7.69. The molecule has 0 unspecified atom stereocenters. The van der Waals surface area contributed by atoms with Crippen molar-refractivity contribution in [1.29, 1.82) is 5.26 Å². The van der Waals surface area contributed by atoms with E-state index < -0.39 is 5.41 Å². The van der Waals surface area contributed by atoms with Crippen LogP contribution in [0.15, 0.2) is 22.6 Å². The molecule has 1 aliphatic rings. The Morgan fingerprint density at radius 3 is 2.34 bits per heavy atom. The summed E-state index contributed by atoms with van der Waals surface area (Å²) in [7, 11) is 1.71. The van der Waals surface area contributed by atoms with Crippen LogP contribution < -0.4 is 4.74 Å². The Bertz CT molecular complexity index is 818. The quantitative estimate of drug-likeness (QED) is 0.368. The second-order valence-electron chi connectivity index (χ2n) is 8.21. The highest BCUT2D eigenvalue weighted by molar-refractivity contribution is 5.57. The summed E-state index contributed by atoms with van der Waals surface area (Å²) in [6, 6.07) is 8.31. The Hall–Kier alpha value is -2.35.